The van der Waals surface area contributed by atoms with Crippen molar-refractivity contribution in [3.05, 3.63) is 21.9 Å². The first-order valence-corrected chi connectivity index (χ1v) is 6.15. The molecule has 0 fully saturated rings. The van der Waals surface area contributed by atoms with Gasteiger partial charge in [-0.15, -0.1) is 0 Å². The molecule has 0 saturated heterocycles. The number of amides is 2. The van der Waals surface area contributed by atoms with Crippen LogP contribution in [0, 0.1) is 3.57 Å². The zero-order chi connectivity index (χ0) is 12.1. The number of hydrogen-bond acceptors (Lipinski definition) is 3. The van der Waals surface area contributed by atoms with Crippen LogP contribution in [0.15, 0.2) is 18.3 Å². The first-order chi connectivity index (χ1) is 7.60. The fourth-order valence-electron chi connectivity index (χ4n) is 1.23. The molecule has 1 heterocycles. The minimum Gasteiger partial charge on any atom is -0.274 e. The number of rotatable bonds is 3. The fourth-order valence-corrected chi connectivity index (χ4v) is 1.67. The highest BCUT2D eigenvalue weighted by atomic mass is 127. The molecule has 0 atom stereocenters. The first kappa shape index (κ1) is 13.1. The van der Waals surface area contributed by atoms with Crippen LogP contribution >= 0.6 is 22.6 Å². The standard InChI is InChI=1S/C11H13IN2O2/c1-3-10(15)14(11(16)4-2)9-7-8(12)5-6-13-9/h5-7H,3-4H2,1-2H3. The second-order valence-electron chi connectivity index (χ2n) is 3.16. The monoisotopic (exact) mass is 332 g/mol. The van der Waals surface area contributed by atoms with E-state index in [1.807, 2.05) is 6.07 Å². The van der Waals surface area contributed by atoms with Gasteiger partial charge in [-0.2, -0.15) is 0 Å². The van der Waals surface area contributed by atoms with Gasteiger partial charge in [-0.05, 0) is 34.7 Å². The third-order valence-electron chi connectivity index (χ3n) is 2.04. The highest BCUT2D eigenvalue weighted by Crippen LogP contribution is 2.16. The Morgan fingerprint density at radius 1 is 1.31 bits per heavy atom. The summed E-state index contributed by atoms with van der Waals surface area (Å²) < 4.78 is 0.945. The molecule has 16 heavy (non-hydrogen) atoms. The predicted octanol–water partition coefficient (Wildman–Crippen LogP) is 2.37. The normalized spacial score (nSPS) is 9.94. The number of anilines is 1. The fraction of sp³-hybridized carbons (Fsp3) is 0.364. The van der Waals surface area contributed by atoms with Crippen molar-refractivity contribution < 1.29 is 9.59 Å². The van der Waals surface area contributed by atoms with Gasteiger partial charge >= 0.3 is 0 Å². The van der Waals surface area contributed by atoms with Gasteiger partial charge in [0.25, 0.3) is 0 Å². The molecule has 1 aromatic heterocycles. The third-order valence-corrected chi connectivity index (χ3v) is 2.71. The zero-order valence-corrected chi connectivity index (χ0v) is 11.4. The van der Waals surface area contributed by atoms with Gasteiger partial charge in [0.1, 0.15) is 5.82 Å². The van der Waals surface area contributed by atoms with Crippen LogP contribution in [-0.2, 0) is 9.59 Å². The Balaban J connectivity index is 3.10. The number of imide groups is 1. The van der Waals surface area contributed by atoms with Crippen molar-refractivity contribution >= 4 is 40.2 Å². The zero-order valence-electron chi connectivity index (χ0n) is 9.24. The van der Waals surface area contributed by atoms with Gasteiger partial charge in [-0.25, -0.2) is 9.88 Å². The van der Waals surface area contributed by atoms with Gasteiger partial charge in [0.05, 0.1) is 0 Å². The van der Waals surface area contributed by atoms with E-state index in [0.717, 1.165) is 8.47 Å². The number of halogens is 1. The van der Waals surface area contributed by atoms with E-state index < -0.39 is 0 Å². The third kappa shape index (κ3) is 3.01. The van der Waals surface area contributed by atoms with Crippen molar-refractivity contribution in [2.75, 3.05) is 4.90 Å². The Hall–Kier alpha value is -0.980. The maximum Gasteiger partial charge on any atom is 0.234 e. The number of carbonyl (C=O) groups is 2. The molecule has 1 aromatic rings. The Labute approximate surface area is 108 Å². The quantitative estimate of drug-likeness (QED) is 0.799. The van der Waals surface area contributed by atoms with Crippen molar-refractivity contribution in [3.8, 4) is 0 Å². The van der Waals surface area contributed by atoms with E-state index in [-0.39, 0.29) is 11.8 Å². The Morgan fingerprint density at radius 2 is 1.88 bits per heavy atom. The Morgan fingerprint density at radius 3 is 2.31 bits per heavy atom. The molecule has 0 aliphatic rings. The van der Waals surface area contributed by atoms with Crippen molar-refractivity contribution in [1.82, 2.24) is 4.98 Å². The topological polar surface area (TPSA) is 50.3 Å². The lowest BCUT2D eigenvalue weighted by Gasteiger charge is -2.18. The summed E-state index contributed by atoms with van der Waals surface area (Å²) in [5, 5.41) is 0. The molecule has 5 heteroatoms. The molecule has 0 aromatic carbocycles. The van der Waals surface area contributed by atoms with Crippen LogP contribution in [0.25, 0.3) is 0 Å². The van der Waals surface area contributed by atoms with E-state index in [9.17, 15) is 9.59 Å². The SMILES string of the molecule is CCC(=O)N(C(=O)CC)c1cc(I)ccn1. The summed E-state index contributed by atoms with van der Waals surface area (Å²) in [5.74, 6) is -0.0340. The first-order valence-electron chi connectivity index (χ1n) is 5.07. The van der Waals surface area contributed by atoms with Crippen LogP contribution in [0.3, 0.4) is 0 Å². The van der Waals surface area contributed by atoms with Crippen molar-refractivity contribution in [3.63, 3.8) is 0 Å². The van der Waals surface area contributed by atoms with Crippen LogP contribution in [-0.4, -0.2) is 16.8 Å². The Kier molecular flexibility index (Phi) is 4.85. The van der Waals surface area contributed by atoms with E-state index in [4.69, 9.17) is 0 Å². The van der Waals surface area contributed by atoms with Crippen LogP contribution in [0.4, 0.5) is 5.82 Å². The van der Waals surface area contributed by atoms with Gasteiger partial charge in [0, 0.05) is 22.6 Å². The second kappa shape index (κ2) is 5.93. The summed E-state index contributed by atoms with van der Waals surface area (Å²) in [4.78, 5) is 28.6. The lowest BCUT2D eigenvalue weighted by Crippen LogP contribution is -2.36. The molecule has 2 amide bonds. The molecule has 0 radical (unpaired) electrons. The van der Waals surface area contributed by atoms with Crippen LogP contribution < -0.4 is 4.90 Å². The summed E-state index contributed by atoms with van der Waals surface area (Å²) in [5.41, 5.74) is 0. The minimum atomic E-state index is -0.221. The van der Waals surface area contributed by atoms with E-state index >= 15 is 0 Å². The van der Waals surface area contributed by atoms with Gasteiger partial charge in [-0.1, -0.05) is 13.8 Å². The highest BCUT2D eigenvalue weighted by Gasteiger charge is 2.21. The number of nitrogens with zero attached hydrogens (tertiary/aromatic N) is 2. The summed E-state index contributed by atoms with van der Waals surface area (Å²) >= 11 is 2.12. The minimum absolute atomic E-state index is 0.221. The summed E-state index contributed by atoms with van der Waals surface area (Å²) in [6.45, 7) is 3.46. The second-order valence-corrected chi connectivity index (χ2v) is 4.41. The van der Waals surface area contributed by atoms with Crippen LogP contribution in [0.5, 0.6) is 0 Å². The molecular weight excluding hydrogens is 319 g/mol. The molecule has 4 nitrogen and oxygen atoms in total. The lowest BCUT2D eigenvalue weighted by molar-refractivity contribution is -0.126. The van der Waals surface area contributed by atoms with E-state index in [1.54, 1.807) is 26.1 Å². The number of hydrogen-bond donors (Lipinski definition) is 0. The molecule has 0 aliphatic carbocycles. The number of carbonyl (C=O) groups excluding carboxylic acids is 2. The largest absolute Gasteiger partial charge is 0.274 e. The van der Waals surface area contributed by atoms with Crippen molar-refractivity contribution in [2.45, 2.75) is 26.7 Å². The van der Waals surface area contributed by atoms with Crippen molar-refractivity contribution in [1.29, 1.82) is 0 Å². The average Bonchev–Trinajstić information content (AvgIpc) is 2.29. The van der Waals surface area contributed by atoms with Gasteiger partial charge in [0.2, 0.25) is 11.8 Å². The van der Waals surface area contributed by atoms with Crippen LogP contribution in [0.1, 0.15) is 26.7 Å². The molecule has 0 saturated carbocycles. The summed E-state index contributed by atoms with van der Waals surface area (Å²) in [7, 11) is 0. The highest BCUT2D eigenvalue weighted by molar-refractivity contribution is 14.1. The molecule has 0 aliphatic heterocycles. The number of pyridine rings is 1. The number of aromatic nitrogens is 1. The van der Waals surface area contributed by atoms with Gasteiger partial charge < -0.3 is 0 Å². The van der Waals surface area contributed by atoms with Gasteiger partial charge in [-0.3, -0.25) is 9.59 Å². The molecule has 0 bridgehead atoms. The van der Waals surface area contributed by atoms with Gasteiger partial charge in [0.15, 0.2) is 0 Å². The van der Waals surface area contributed by atoms with Crippen LogP contribution in [0.2, 0.25) is 0 Å². The molecule has 0 spiro atoms. The Bertz CT molecular complexity index is 391. The smallest absolute Gasteiger partial charge is 0.234 e. The molecule has 86 valence electrons. The average molecular weight is 332 g/mol. The van der Waals surface area contributed by atoms with E-state index in [2.05, 4.69) is 27.6 Å². The molecule has 0 unspecified atom stereocenters. The van der Waals surface area contributed by atoms with Crippen molar-refractivity contribution in [2.24, 2.45) is 0 Å². The molecule has 1 rings (SSSR count). The predicted molar refractivity (Wildman–Crippen MR) is 70.0 cm³/mol. The molecular formula is C11H13IN2O2. The maximum atomic E-state index is 11.7. The molecule has 0 N–H and O–H groups in total. The lowest BCUT2D eigenvalue weighted by atomic mass is 10.3. The summed E-state index contributed by atoms with van der Waals surface area (Å²) in [6.07, 6.45) is 2.17. The maximum absolute atomic E-state index is 11.7. The van der Waals surface area contributed by atoms with E-state index in [0.29, 0.717) is 18.7 Å². The summed E-state index contributed by atoms with van der Waals surface area (Å²) in [6, 6.07) is 3.54. The van der Waals surface area contributed by atoms with E-state index in [1.165, 1.54) is 0 Å².